The van der Waals surface area contributed by atoms with E-state index in [0.29, 0.717) is 13.2 Å². The van der Waals surface area contributed by atoms with E-state index in [2.05, 4.69) is 11.8 Å². The summed E-state index contributed by atoms with van der Waals surface area (Å²) in [5.74, 6) is 0.802. The summed E-state index contributed by atoms with van der Waals surface area (Å²) in [7, 11) is 1.98. The maximum absolute atomic E-state index is 9.65. The molecular weight excluding hydrogens is 190 g/mol. The lowest BCUT2D eigenvalue weighted by Crippen LogP contribution is -2.32. The predicted octanol–water partition coefficient (Wildman–Crippen LogP) is 1.38. The molecule has 1 aromatic carbocycles. The monoisotopic (exact) mass is 209 g/mol. The van der Waals surface area contributed by atoms with E-state index in [0.717, 1.165) is 12.3 Å². The third-order valence-electron chi connectivity index (χ3n) is 2.25. The minimum Gasteiger partial charge on any atom is -0.491 e. The number of hydrogen-bond donors (Lipinski definition) is 1. The molecule has 84 valence electrons. The molecule has 0 aliphatic heterocycles. The van der Waals surface area contributed by atoms with Crippen molar-refractivity contribution < 1.29 is 9.84 Å². The Labute approximate surface area is 91.3 Å². The van der Waals surface area contributed by atoms with Crippen LogP contribution >= 0.6 is 0 Å². The van der Waals surface area contributed by atoms with Crippen molar-refractivity contribution in [2.24, 2.45) is 0 Å². The molecule has 1 unspecified atom stereocenters. The average Bonchev–Trinajstić information content (AvgIpc) is 2.27. The Balaban J connectivity index is 2.25. The topological polar surface area (TPSA) is 32.7 Å². The molecule has 0 fully saturated rings. The van der Waals surface area contributed by atoms with Crippen LogP contribution in [0.2, 0.25) is 0 Å². The fourth-order valence-electron chi connectivity index (χ4n) is 1.25. The second-order valence-corrected chi connectivity index (χ2v) is 3.63. The van der Waals surface area contributed by atoms with Gasteiger partial charge in [0.1, 0.15) is 18.5 Å². The van der Waals surface area contributed by atoms with Gasteiger partial charge in [0.05, 0.1) is 0 Å². The van der Waals surface area contributed by atoms with Gasteiger partial charge in [0, 0.05) is 6.54 Å². The lowest BCUT2D eigenvalue weighted by molar-refractivity contribution is 0.0779. The van der Waals surface area contributed by atoms with Gasteiger partial charge in [-0.25, -0.2) is 0 Å². The average molecular weight is 209 g/mol. The number of benzene rings is 1. The van der Waals surface area contributed by atoms with Crippen LogP contribution in [0.3, 0.4) is 0 Å². The standard InChI is InChI=1S/C12H19NO2/c1-3-13(2)9-11(14)10-15-12-7-5-4-6-8-12/h4-8,11,14H,3,9-10H2,1-2H3. The third kappa shape index (κ3) is 4.81. The van der Waals surface area contributed by atoms with Gasteiger partial charge in [-0.05, 0) is 25.7 Å². The van der Waals surface area contributed by atoms with Crippen LogP contribution in [0.4, 0.5) is 0 Å². The van der Waals surface area contributed by atoms with Gasteiger partial charge in [-0.3, -0.25) is 0 Å². The first kappa shape index (κ1) is 12.0. The molecule has 0 saturated carbocycles. The van der Waals surface area contributed by atoms with Gasteiger partial charge in [0.2, 0.25) is 0 Å². The molecule has 0 amide bonds. The summed E-state index contributed by atoms with van der Waals surface area (Å²) in [6.07, 6.45) is -0.435. The van der Waals surface area contributed by atoms with E-state index < -0.39 is 6.10 Å². The predicted molar refractivity (Wildman–Crippen MR) is 61.1 cm³/mol. The van der Waals surface area contributed by atoms with E-state index in [1.807, 2.05) is 37.4 Å². The normalized spacial score (nSPS) is 12.8. The van der Waals surface area contributed by atoms with Crippen molar-refractivity contribution >= 4 is 0 Å². The van der Waals surface area contributed by atoms with Gasteiger partial charge in [0.15, 0.2) is 0 Å². The summed E-state index contributed by atoms with van der Waals surface area (Å²) in [5.41, 5.74) is 0. The van der Waals surface area contributed by atoms with Crippen molar-refractivity contribution in [2.75, 3.05) is 26.7 Å². The molecule has 1 rings (SSSR count). The van der Waals surface area contributed by atoms with E-state index in [-0.39, 0.29) is 0 Å². The van der Waals surface area contributed by atoms with Gasteiger partial charge in [-0.2, -0.15) is 0 Å². The Kier molecular flexibility index (Phi) is 5.15. The number of nitrogens with zero attached hydrogens (tertiary/aromatic N) is 1. The summed E-state index contributed by atoms with van der Waals surface area (Å²) >= 11 is 0. The molecule has 0 radical (unpaired) electrons. The van der Waals surface area contributed by atoms with Gasteiger partial charge in [0.25, 0.3) is 0 Å². The second kappa shape index (κ2) is 6.43. The maximum Gasteiger partial charge on any atom is 0.119 e. The van der Waals surface area contributed by atoms with Crippen molar-refractivity contribution in [1.29, 1.82) is 0 Å². The summed E-state index contributed by atoms with van der Waals surface area (Å²) in [6.45, 7) is 3.98. The van der Waals surface area contributed by atoms with Crippen molar-refractivity contribution in [3.63, 3.8) is 0 Å². The van der Waals surface area contributed by atoms with Crippen LogP contribution < -0.4 is 4.74 Å². The number of rotatable bonds is 6. The van der Waals surface area contributed by atoms with Crippen molar-refractivity contribution in [3.05, 3.63) is 30.3 Å². The number of para-hydroxylation sites is 1. The van der Waals surface area contributed by atoms with Crippen LogP contribution in [0.25, 0.3) is 0 Å². The van der Waals surface area contributed by atoms with Crippen LogP contribution in [0.5, 0.6) is 5.75 Å². The number of likely N-dealkylation sites (N-methyl/N-ethyl adjacent to an activating group) is 1. The highest BCUT2D eigenvalue weighted by Gasteiger charge is 2.07. The molecule has 1 aromatic rings. The minimum atomic E-state index is -0.435. The molecular formula is C12H19NO2. The molecule has 0 heterocycles. The molecule has 1 N–H and O–H groups in total. The summed E-state index contributed by atoms with van der Waals surface area (Å²) < 4.78 is 5.44. The first-order valence-corrected chi connectivity index (χ1v) is 5.26. The van der Waals surface area contributed by atoms with Gasteiger partial charge < -0.3 is 14.7 Å². The van der Waals surface area contributed by atoms with Gasteiger partial charge in [-0.1, -0.05) is 25.1 Å². The fourth-order valence-corrected chi connectivity index (χ4v) is 1.25. The highest BCUT2D eigenvalue weighted by molar-refractivity contribution is 5.20. The largest absolute Gasteiger partial charge is 0.491 e. The van der Waals surface area contributed by atoms with Gasteiger partial charge in [-0.15, -0.1) is 0 Å². The molecule has 0 saturated heterocycles. The zero-order chi connectivity index (χ0) is 11.1. The molecule has 1 atom stereocenters. The zero-order valence-electron chi connectivity index (χ0n) is 9.39. The SMILES string of the molecule is CCN(C)CC(O)COc1ccccc1. The smallest absolute Gasteiger partial charge is 0.119 e. The van der Waals surface area contributed by atoms with Crippen molar-refractivity contribution in [2.45, 2.75) is 13.0 Å². The number of aliphatic hydroxyl groups excluding tert-OH is 1. The van der Waals surface area contributed by atoms with Crippen LogP contribution in [-0.4, -0.2) is 42.9 Å². The molecule has 0 aliphatic rings. The molecule has 0 bridgehead atoms. The quantitative estimate of drug-likeness (QED) is 0.768. The highest BCUT2D eigenvalue weighted by Crippen LogP contribution is 2.08. The maximum atomic E-state index is 9.65. The first-order valence-electron chi connectivity index (χ1n) is 5.26. The highest BCUT2D eigenvalue weighted by atomic mass is 16.5. The minimum absolute atomic E-state index is 0.342. The number of hydrogen-bond acceptors (Lipinski definition) is 3. The zero-order valence-corrected chi connectivity index (χ0v) is 9.39. The van der Waals surface area contributed by atoms with Crippen LogP contribution in [0.1, 0.15) is 6.92 Å². The Morgan fingerprint density at radius 2 is 2.00 bits per heavy atom. The van der Waals surface area contributed by atoms with E-state index in [1.54, 1.807) is 0 Å². The van der Waals surface area contributed by atoms with Crippen molar-refractivity contribution in [1.82, 2.24) is 4.90 Å². The van der Waals surface area contributed by atoms with E-state index >= 15 is 0 Å². The molecule has 3 heteroatoms. The Morgan fingerprint density at radius 1 is 1.33 bits per heavy atom. The van der Waals surface area contributed by atoms with Crippen LogP contribution in [0, 0.1) is 0 Å². The molecule has 0 aliphatic carbocycles. The molecule has 0 spiro atoms. The Morgan fingerprint density at radius 3 is 2.60 bits per heavy atom. The Bertz CT molecular complexity index is 264. The van der Waals surface area contributed by atoms with Crippen LogP contribution in [-0.2, 0) is 0 Å². The first-order chi connectivity index (χ1) is 7.22. The number of ether oxygens (including phenoxy) is 1. The fraction of sp³-hybridized carbons (Fsp3) is 0.500. The summed E-state index contributed by atoms with van der Waals surface area (Å²) in [4.78, 5) is 2.05. The lowest BCUT2D eigenvalue weighted by Gasteiger charge is -2.18. The molecule has 15 heavy (non-hydrogen) atoms. The van der Waals surface area contributed by atoms with Crippen molar-refractivity contribution in [3.8, 4) is 5.75 Å². The molecule has 0 aromatic heterocycles. The lowest BCUT2D eigenvalue weighted by atomic mass is 10.3. The van der Waals surface area contributed by atoms with E-state index in [1.165, 1.54) is 0 Å². The third-order valence-corrected chi connectivity index (χ3v) is 2.25. The molecule has 3 nitrogen and oxygen atoms in total. The van der Waals surface area contributed by atoms with Gasteiger partial charge >= 0.3 is 0 Å². The number of aliphatic hydroxyl groups is 1. The Hall–Kier alpha value is -1.06. The van der Waals surface area contributed by atoms with E-state index in [4.69, 9.17) is 4.74 Å². The van der Waals surface area contributed by atoms with E-state index in [9.17, 15) is 5.11 Å². The summed E-state index contributed by atoms with van der Waals surface area (Å²) in [6, 6.07) is 9.54. The van der Waals surface area contributed by atoms with Crippen LogP contribution in [0.15, 0.2) is 30.3 Å². The second-order valence-electron chi connectivity index (χ2n) is 3.63. The summed E-state index contributed by atoms with van der Waals surface area (Å²) in [5, 5.41) is 9.65.